The van der Waals surface area contributed by atoms with Crippen molar-refractivity contribution in [2.45, 2.75) is 69.6 Å². The van der Waals surface area contributed by atoms with Crippen molar-refractivity contribution in [2.24, 2.45) is 0 Å². The first-order chi connectivity index (χ1) is 14.5. The Bertz CT molecular complexity index is 993. The number of carbonyl (C=O) groups excluding carboxylic acids is 1. The molecule has 3 fully saturated rings. The first-order valence-electron chi connectivity index (χ1n) is 10.8. The van der Waals surface area contributed by atoms with Crippen LogP contribution < -0.4 is 5.32 Å². The van der Waals surface area contributed by atoms with E-state index in [-0.39, 0.29) is 5.91 Å². The summed E-state index contributed by atoms with van der Waals surface area (Å²) in [7, 11) is 0. The summed E-state index contributed by atoms with van der Waals surface area (Å²) < 4.78 is 6.31. The van der Waals surface area contributed by atoms with E-state index in [0.717, 1.165) is 41.6 Å². The van der Waals surface area contributed by atoms with Crippen LogP contribution in [0.3, 0.4) is 0 Å². The highest BCUT2D eigenvalue weighted by Gasteiger charge is 2.44. The minimum Gasteiger partial charge on any atom is -0.444 e. The van der Waals surface area contributed by atoms with E-state index < -0.39 is 0 Å². The standard InChI is InChI=1S/C22H26BrN5O2/c1-13(29)27-11-16-6-7-17(12-27)28(16)15-4-2-14(3-5-15)26-22-21(23)19-8-18(9-24)30-20(19)10-25-22/h8,10,14-17H,2-7,11-12H2,1H3,(H,25,26). The highest BCUT2D eigenvalue weighted by Crippen LogP contribution is 2.38. The molecule has 4 heterocycles. The lowest BCUT2D eigenvalue weighted by Gasteiger charge is -2.47. The van der Waals surface area contributed by atoms with Gasteiger partial charge in [0.2, 0.25) is 11.7 Å². The zero-order valence-electron chi connectivity index (χ0n) is 17.1. The maximum Gasteiger partial charge on any atom is 0.219 e. The molecule has 158 valence electrons. The van der Waals surface area contributed by atoms with Gasteiger partial charge in [0.15, 0.2) is 5.58 Å². The number of anilines is 1. The molecule has 2 aromatic rings. The number of aromatic nitrogens is 1. The van der Waals surface area contributed by atoms with Crippen LogP contribution in [-0.4, -0.2) is 57.9 Å². The summed E-state index contributed by atoms with van der Waals surface area (Å²) in [5.74, 6) is 1.32. The van der Waals surface area contributed by atoms with Crippen molar-refractivity contribution in [3.8, 4) is 6.07 Å². The fraction of sp³-hybridized carbons (Fsp3) is 0.591. The first-order valence-corrected chi connectivity index (χ1v) is 11.6. The summed E-state index contributed by atoms with van der Waals surface area (Å²) in [6.45, 7) is 3.49. The number of hydrogen-bond acceptors (Lipinski definition) is 6. The molecule has 1 aliphatic carbocycles. The van der Waals surface area contributed by atoms with Crippen LogP contribution >= 0.6 is 15.9 Å². The number of piperazine rings is 1. The monoisotopic (exact) mass is 471 g/mol. The number of hydrogen-bond donors (Lipinski definition) is 1. The first kappa shape index (κ1) is 19.8. The normalized spacial score (nSPS) is 29.2. The van der Waals surface area contributed by atoms with Gasteiger partial charge in [-0.3, -0.25) is 9.69 Å². The zero-order valence-corrected chi connectivity index (χ0v) is 18.7. The average molecular weight is 472 g/mol. The van der Waals surface area contributed by atoms with Crippen LogP contribution in [-0.2, 0) is 4.79 Å². The van der Waals surface area contributed by atoms with E-state index in [1.165, 1.54) is 25.7 Å². The molecule has 5 rings (SSSR count). The van der Waals surface area contributed by atoms with E-state index in [0.29, 0.717) is 35.5 Å². The lowest BCUT2D eigenvalue weighted by Crippen LogP contribution is -2.58. The van der Waals surface area contributed by atoms with E-state index in [4.69, 9.17) is 9.68 Å². The van der Waals surface area contributed by atoms with E-state index in [1.54, 1.807) is 19.2 Å². The van der Waals surface area contributed by atoms with E-state index >= 15 is 0 Å². The number of nitriles is 1. The van der Waals surface area contributed by atoms with Crippen LogP contribution in [0.25, 0.3) is 11.0 Å². The van der Waals surface area contributed by atoms with Crippen LogP contribution in [0.15, 0.2) is 21.2 Å². The van der Waals surface area contributed by atoms with Gasteiger partial charge in [-0.25, -0.2) is 4.98 Å². The Labute approximate surface area is 184 Å². The fourth-order valence-corrected chi connectivity index (χ4v) is 6.16. The zero-order chi connectivity index (χ0) is 20.8. The van der Waals surface area contributed by atoms with Crippen molar-refractivity contribution < 1.29 is 9.21 Å². The third kappa shape index (κ3) is 3.48. The Morgan fingerprint density at radius 1 is 1.20 bits per heavy atom. The summed E-state index contributed by atoms with van der Waals surface area (Å²) in [6.07, 6.45) is 8.69. The Morgan fingerprint density at radius 3 is 2.50 bits per heavy atom. The summed E-state index contributed by atoms with van der Waals surface area (Å²) >= 11 is 3.63. The summed E-state index contributed by atoms with van der Waals surface area (Å²) in [6, 6.07) is 5.88. The van der Waals surface area contributed by atoms with Gasteiger partial charge >= 0.3 is 0 Å². The lowest BCUT2D eigenvalue weighted by molar-refractivity contribution is -0.133. The van der Waals surface area contributed by atoms with Crippen LogP contribution in [0.1, 0.15) is 51.2 Å². The molecule has 2 aliphatic heterocycles. The quantitative estimate of drug-likeness (QED) is 0.730. The van der Waals surface area contributed by atoms with Gasteiger partial charge in [0, 0.05) is 55.6 Å². The average Bonchev–Trinajstić information content (AvgIpc) is 3.29. The van der Waals surface area contributed by atoms with Crippen LogP contribution in [0.5, 0.6) is 0 Å². The van der Waals surface area contributed by atoms with Crippen LogP contribution in [0.4, 0.5) is 5.82 Å². The molecule has 30 heavy (non-hydrogen) atoms. The molecule has 1 amide bonds. The number of carbonyl (C=O) groups is 1. The largest absolute Gasteiger partial charge is 0.444 e. The predicted molar refractivity (Wildman–Crippen MR) is 117 cm³/mol. The number of pyridine rings is 1. The molecule has 3 aliphatic rings. The Kier molecular flexibility index (Phi) is 5.19. The van der Waals surface area contributed by atoms with E-state index in [2.05, 4.69) is 31.1 Å². The fourth-order valence-electron chi connectivity index (χ4n) is 5.64. The van der Waals surface area contributed by atoms with Gasteiger partial charge in [-0.1, -0.05) is 0 Å². The number of nitrogens with one attached hydrogen (secondary N) is 1. The molecule has 0 spiro atoms. The van der Waals surface area contributed by atoms with Gasteiger partial charge in [0.05, 0.1) is 10.7 Å². The summed E-state index contributed by atoms with van der Waals surface area (Å²) in [4.78, 5) is 21.1. The predicted octanol–water partition coefficient (Wildman–Crippen LogP) is 3.88. The van der Waals surface area contributed by atoms with Crippen molar-refractivity contribution in [2.75, 3.05) is 18.4 Å². The van der Waals surface area contributed by atoms with Crippen molar-refractivity contribution in [1.29, 1.82) is 5.26 Å². The van der Waals surface area contributed by atoms with Crippen molar-refractivity contribution in [1.82, 2.24) is 14.8 Å². The molecule has 2 saturated heterocycles. The molecule has 1 N–H and O–H groups in total. The second-order valence-corrected chi connectivity index (χ2v) is 9.62. The molecule has 0 radical (unpaired) electrons. The second-order valence-electron chi connectivity index (χ2n) is 8.83. The number of amides is 1. The number of rotatable bonds is 3. The van der Waals surface area contributed by atoms with Crippen molar-refractivity contribution >= 4 is 38.6 Å². The SMILES string of the molecule is CC(=O)N1CC2CCC(C1)N2C1CCC(Nc2ncc3oc(C#N)cc3c2Br)CC1. The molecule has 1 saturated carbocycles. The highest BCUT2D eigenvalue weighted by molar-refractivity contribution is 9.10. The number of fused-ring (bicyclic) bond motifs is 3. The van der Waals surface area contributed by atoms with Crippen LogP contribution in [0, 0.1) is 11.3 Å². The van der Waals surface area contributed by atoms with Gasteiger partial charge in [-0.05, 0) is 54.5 Å². The van der Waals surface area contributed by atoms with Crippen molar-refractivity contribution in [3.05, 3.63) is 22.5 Å². The Balaban J connectivity index is 1.22. The third-order valence-corrected chi connectivity index (χ3v) is 7.87. The minimum atomic E-state index is 0.217. The molecule has 2 atom stereocenters. The Morgan fingerprint density at radius 2 is 1.87 bits per heavy atom. The van der Waals surface area contributed by atoms with Gasteiger partial charge < -0.3 is 14.6 Å². The van der Waals surface area contributed by atoms with Gasteiger partial charge in [0.1, 0.15) is 11.9 Å². The molecular formula is C22H26BrN5O2. The van der Waals surface area contributed by atoms with Crippen LogP contribution in [0.2, 0.25) is 0 Å². The Hall–Kier alpha value is -2.11. The second kappa shape index (κ2) is 7.86. The molecule has 0 aromatic carbocycles. The molecular weight excluding hydrogens is 446 g/mol. The molecule has 8 heteroatoms. The number of nitrogens with zero attached hydrogens (tertiary/aromatic N) is 4. The lowest BCUT2D eigenvalue weighted by atomic mass is 9.88. The van der Waals surface area contributed by atoms with Gasteiger partial charge in [-0.2, -0.15) is 5.26 Å². The molecule has 7 nitrogen and oxygen atoms in total. The minimum absolute atomic E-state index is 0.217. The number of halogens is 1. The summed E-state index contributed by atoms with van der Waals surface area (Å²) in [5, 5.41) is 13.5. The van der Waals surface area contributed by atoms with E-state index in [1.807, 2.05) is 11.0 Å². The topological polar surface area (TPSA) is 85.4 Å². The van der Waals surface area contributed by atoms with Gasteiger partial charge in [0.25, 0.3) is 0 Å². The van der Waals surface area contributed by atoms with Crippen molar-refractivity contribution in [3.63, 3.8) is 0 Å². The molecule has 2 bridgehead atoms. The third-order valence-electron chi connectivity index (χ3n) is 7.07. The highest BCUT2D eigenvalue weighted by atomic mass is 79.9. The maximum absolute atomic E-state index is 11.8. The summed E-state index contributed by atoms with van der Waals surface area (Å²) in [5.41, 5.74) is 0.618. The number of furan rings is 1. The number of likely N-dealkylation sites (tertiary alicyclic amines) is 1. The maximum atomic E-state index is 11.8. The smallest absolute Gasteiger partial charge is 0.219 e. The van der Waals surface area contributed by atoms with Gasteiger partial charge in [-0.15, -0.1) is 0 Å². The molecule has 2 unspecified atom stereocenters. The van der Waals surface area contributed by atoms with E-state index in [9.17, 15) is 4.79 Å². The molecule has 2 aromatic heterocycles.